The van der Waals surface area contributed by atoms with Crippen molar-refractivity contribution in [2.75, 3.05) is 18.8 Å². The zero-order valence-electron chi connectivity index (χ0n) is 15.7. The number of hydrogen-bond acceptors (Lipinski definition) is 4. The third-order valence-corrected chi connectivity index (χ3v) is 6.39. The fourth-order valence-electron chi connectivity index (χ4n) is 3.64. The lowest BCUT2D eigenvalue weighted by atomic mass is 9.77. The van der Waals surface area contributed by atoms with Crippen LogP contribution < -0.4 is 10.6 Å². The van der Waals surface area contributed by atoms with Crippen LogP contribution in [0.1, 0.15) is 38.2 Å². The molecule has 3 rings (SSSR count). The van der Waals surface area contributed by atoms with Crippen molar-refractivity contribution in [3.63, 3.8) is 0 Å². The number of nitrogens with one attached hydrogen (secondary N) is 2. The maximum atomic E-state index is 12.7. The predicted molar refractivity (Wildman–Crippen MR) is 106 cm³/mol. The molecule has 2 N–H and O–H groups in total. The minimum Gasteiger partial charge on any atom is -0.354 e. The lowest BCUT2D eigenvalue weighted by Gasteiger charge is -2.33. The number of amides is 4. The highest BCUT2D eigenvalue weighted by molar-refractivity contribution is 7.98. The maximum absolute atomic E-state index is 12.7. The number of hydrogen-bond donors (Lipinski definition) is 2. The summed E-state index contributed by atoms with van der Waals surface area (Å²) in [5.41, 5.74) is 0.468. The third-order valence-electron chi connectivity index (χ3n) is 5.36. The molecule has 2 fully saturated rings. The first-order chi connectivity index (χ1) is 13.0. The van der Waals surface area contributed by atoms with Crippen LogP contribution in [0.2, 0.25) is 0 Å². The van der Waals surface area contributed by atoms with Crippen LogP contribution in [-0.4, -0.2) is 47.1 Å². The summed E-state index contributed by atoms with van der Waals surface area (Å²) in [6.45, 7) is 2.48. The zero-order valence-corrected chi connectivity index (χ0v) is 16.5. The molecule has 2 aliphatic rings. The van der Waals surface area contributed by atoms with E-state index in [-0.39, 0.29) is 18.4 Å². The molecule has 6 nitrogen and oxygen atoms in total. The maximum Gasteiger partial charge on any atom is 0.325 e. The van der Waals surface area contributed by atoms with Gasteiger partial charge >= 0.3 is 6.03 Å². The first-order valence-corrected chi connectivity index (χ1v) is 10.7. The Morgan fingerprint density at radius 2 is 1.96 bits per heavy atom. The van der Waals surface area contributed by atoms with E-state index in [2.05, 4.69) is 29.7 Å². The van der Waals surface area contributed by atoms with Gasteiger partial charge in [-0.05, 0) is 37.2 Å². The minimum absolute atomic E-state index is 0.203. The van der Waals surface area contributed by atoms with Crippen LogP contribution in [0.25, 0.3) is 0 Å². The van der Waals surface area contributed by atoms with E-state index in [0.29, 0.717) is 25.3 Å². The summed E-state index contributed by atoms with van der Waals surface area (Å²) >= 11 is 1.74. The highest BCUT2D eigenvalue weighted by Gasteiger charge is 2.52. The van der Waals surface area contributed by atoms with Crippen LogP contribution in [0.5, 0.6) is 0 Å². The van der Waals surface area contributed by atoms with E-state index >= 15 is 0 Å². The summed E-state index contributed by atoms with van der Waals surface area (Å²) in [7, 11) is 0. The summed E-state index contributed by atoms with van der Waals surface area (Å²) in [5, 5.41) is 5.64. The van der Waals surface area contributed by atoms with Gasteiger partial charge in [0.2, 0.25) is 5.91 Å². The molecule has 7 heteroatoms. The Kier molecular flexibility index (Phi) is 6.42. The van der Waals surface area contributed by atoms with Crippen molar-refractivity contribution in [2.45, 2.75) is 43.9 Å². The number of carbonyl (C=O) groups is 3. The van der Waals surface area contributed by atoms with Crippen molar-refractivity contribution in [1.82, 2.24) is 15.5 Å². The molecule has 1 heterocycles. The summed E-state index contributed by atoms with van der Waals surface area (Å²) in [6, 6.07) is 9.71. The molecular formula is C20H27N3O3S. The van der Waals surface area contributed by atoms with Gasteiger partial charge in [-0.1, -0.05) is 37.3 Å². The quantitative estimate of drug-likeness (QED) is 0.555. The lowest BCUT2D eigenvalue weighted by Crippen LogP contribution is -2.50. The van der Waals surface area contributed by atoms with E-state index in [9.17, 15) is 14.4 Å². The van der Waals surface area contributed by atoms with Gasteiger partial charge in [-0.15, -0.1) is 0 Å². The smallest absolute Gasteiger partial charge is 0.325 e. The van der Waals surface area contributed by atoms with E-state index in [0.717, 1.165) is 29.2 Å². The summed E-state index contributed by atoms with van der Waals surface area (Å²) in [5.74, 6) is 1.71. The van der Waals surface area contributed by atoms with E-state index in [1.807, 2.05) is 18.2 Å². The van der Waals surface area contributed by atoms with Crippen molar-refractivity contribution in [3.8, 4) is 0 Å². The van der Waals surface area contributed by atoms with Crippen molar-refractivity contribution in [3.05, 3.63) is 35.9 Å². The molecule has 1 aliphatic heterocycles. The summed E-state index contributed by atoms with van der Waals surface area (Å²) in [6.07, 6.45) is 3.16. The van der Waals surface area contributed by atoms with Gasteiger partial charge in [0.05, 0.1) is 0 Å². The van der Waals surface area contributed by atoms with Gasteiger partial charge in [-0.2, -0.15) is 11.8 Å². The average molecular weight is 390 g/mol. The molecule has 0 aromatic heterocycles. The second-order valence-corrected chi connectivity index (χ2v) is 8.58. The van der Waals surface area contributed by atoms with Crippen LogP contribution >= 0.6 is 11.8 Å². The Morgan fingerprint density at radius 1 is 1.26 bits per heavy atom. The predicted octanol–water partition coefficient (Wildman–Crippen LogP) is 2.54. The molecule has 0 atom stereocenters. The number of nitrogens with zero attached hydrogens (tertiary/aromatic N) is 1. The topological polar surface area (TPSA) is 78.5 Å². The number of imide groups is 1. The number of carbonyl (C=O) groups excluding carboxylic acids is 3. The van der Waals surface area contributed by atoms with E-state index in [4.69, 9.17) is 0 Å². The number of urea groups is 1. The first-order valence-electron chi connectivity index (χ1n) is 9.53. The van der Waals surface area contributed by atoms with Crippen LogP contribution in [-0.2, 0) is 15.3 Å². The van der Waals surface area contributed by atoms with Crippen molar-refractivity contribution < 1.29 is 14.4 Å². The van der Waals surface area contributed by atoms with Crippen LogP contribution in [0, 0.1) is 5.92 Å². The molecule has 0 unspecified atom stereocenters. The summed E-state index contributed by atoms with van der Waals surface area (Å²) in [4.78, 5) is 38.2. The van der Waals surface area contributed by atoms with Gasteiger partial charge in [0.15, 0.2) is 0 Å². The zero-order chi connectivity index (χ0) is 19.3. The Bertz CT molecular complexity index is 687. The highest BCUT2D eigenvalue weighted by Crippen LogP contribution is 2.36. The van der Waals surface area contributed by atoms with E-state index < -0.39 is 11.6 Å². The van der Waals surface area contributed by atoms with E-state index in [1.54, 1.807) is 11.8 Å². The largest absolute Gasteiger partial charge is 0.354 e. The molecule has 1 aromatic carbocycles. The molecule has 1 aliphatic carbocycles. The van der Waals surface area contributed by atoms with E-state index in [1.165, 1.54) is 5.56 Å². The van der Waals surface area contributed by atoms with Crippen molar-refractivity contribution >= 4 is 29.6 Å². The normalized spacial score (nSPS) is 24.9. The lowest BCUT2D eigenvalue weighted by molar-refractivity contribution is -0.136. The number of benzene rings is 1. The second kappa shape index (κ2) is 8.78. The fourth-order valence-corrected chi connectivity index (χ4v) is 4.46. The van der Waals surface area contributed by atoms with Gasteiger partial charge in [0.1, 0.15) is 12.1 Å². The van der Waals surface area contributed by atoms with Crippen LogP contribution in [0.4, 0.5) is 4.79 Å². The van der Waals surface area contributed by atoms with Crippen molar-refractivity contribution in [1.29, 1.82) is 0 Å². The third kappa shape index (κ3) is 4.83. The molecule has 1 spiro atoms. The highest BCUT2D eigenvalue weighted by atomic mass is 32.2. The van der Waals surface area contributed by atoms with Crippen LogP contribution in [0.3, 0.4) is 0 Å². The number of rotatable bonds is 7. The molecule has 1 saturated carbocycles. The van der Waals surface area contributed by atoms with Gasteiger partial charge in [-0.25, -0.2) is 4.79 Å². The van der Waals surface area contributed by atoms with Crippen molar-refractivity contribution in [2.24, 2.45) is 5.92 Å². The number of thioether (sulfide) groups is 1. The standard InChI is InChI=1S/C20H27N3O3S/c1-15-7-9-20(10-8-15)18(25)23(19(26)22-20)13-17(24)21-11-12-27-14-16-5-3-2-4-6-16/h2-6,15H,7-14H2,1H3,(H,21,24)(H,22,26). The molecule has 27 heavy (non-hydrogen) atoms. The minimum atomic E-state index is -0.782. The van der Waals surface area contributed by atoms with Gasteiger partial charge in [-0.3, -0.25) is 14.5 Å². The molecule has 0 radical (unpaired) electrons. The SMILES string of the molecule is CC1CCC2(CC1)NC(=O)N(CC(=O)NCCSCc1ccccc1)C2=O. The molecule has 146 valence electrons. The van der Waals surface area contributed by atoms with Crippen LogP contribution in [0.15, 0.2) is 30.3 Å². The molecule has 0 bridgehead atoms. The van der Waals surface area contributed by atoms with Gasteiger partial charge in [0.25, 0.3) is 5.91 Å². The molecule has 4 amide bonds. The van der Waals surface area contributed by atoms with Gasteiger partial charge in [0, 0.05) is 18.1 Å². The summed E-state index contributed by atoms with van der Waals surface area (Å²) < 4.78 is 0. The Hall–Kier alpha value is -2.02. The monoisotopic (exact) mass is 389 g/mol. The molecule has 1 saturated heterocycles. The Morgan fingerprint density at radius 3 is 2.67 bits per heavy atom. The Balaban J connectivity index is 1.40. The Labute approximate surface area is 164 Å². The first kappa shape index (κ1) is 19.7. The van der Waals surface area contributed by atoms with Gasteiger partial charge < -0.3 is 10.6 Å². The molecule has 1 aromatic rings. The average Bonchev–Trinajstić information content (AvgIpc) is 2.89. The fraction of sp³-hybridized carbons (Fsp3) is 0.550. The molecular weight excluding hydrogens is 362 g/mol. The second-order valence-electron chi connectivity index (χ2n) is 7.47.